The highest BCUT2D eigenvalue weighted by atomic mass is 19.4. The summed E-state index contributed by atoms with van der Waals surface area (Å²) < 4.78 is 94.4. The summed E-state index contributed by atoms with van der Waals surface area (Å²) in [5, 5.41) is 9.17. The van der Waals surface area contributed by atoms with Crippen LogP contribution in [0.3, 0.4) is 0 Å². The van der Waals surface area contributed by atoms with Gasteiger partial charge in [0.15, 0.2) is 0 Å². The van der Waals surface area contributed by atoms with Crippen molar-refractivity contribution in [3.8, 4) is 11.5 Å². The first-order chi connectivity index (χ1) is 11.0. The van der Waals surface area contributed by atoms with Crippen molar-refractivity contribution in [2.45, 2.75) is 19.0 Å². The van der Waals surface area contributed by atoms with Crippen molar-refractivity contribution in [3.63, 3.8) is 0 Å². The van der Waals surface area contributed by atoms with E-state index in [1.807, 2.05) is 0 Å². The molecule has 130 valence electrons. The van der Waals surface area contributed by atoms with Crippen LogP contribution in [0.5, 0.6) is 11.5 Å². The average Bonchev–Trinajstić information content (AvgIpc) is 2.42. The molecule has 0 aromatic heterocycles. The SMILES string of the molecule is Oc1cc(F)cc(OCc2ccc(C(F)(F)F)c(C(F)(F)F)c2)c1. The maximum Gasteiger partial charge on any atom is 0.417 e. The van der Waals surface area contributed by atoms with E-state index in [1.54, 1.807) is 0 Å². The molecule has 9 heteroatoms. The normalized spacial score (nSPS) is 12.3. The number of rotatable bonds is 3. The molecule has 2 nitrogen and oxygen atoms in total. The Labute approximate surface area is 131 Å². The van der Waals surface area contributed by atoms with Gasteiger partial charge in [0.05, 0.1) is 11.1 Å². The van der Waals surface area contributed by atoms with E-state index in [1.165, 1.54) is 0 Å². The number of hydrogen-bond donors (Lipinski definition) is 1. The molecule has 0 saturated heterocycles. The predicted molar refractivity (Wildman–Crippen MR) is 68.8 cm³/mol. The van der Waals surface area contributed by atoms with Gasteiger partial charge in [0.1, 0.15) is 23.9 Å². The minimum absolute atomic E-state index is 0.180. The number of halogens is 7. The molecule has 0 unspecified atom stereocenters. The minimum Gasteiger partial charge on any atom is -0.508 e. The Bertz CT molecular complexity index is 715. The van der Waals surface area contributed by atoms with Gasteiger partial charge in [-0.25, -0.2) is 4.39 Å². The lowest BCUT2D eigenvalue weighted by Gasteiger charge is -2.17. The van der Waals surface area contributed by atoms with Gasteiger partial charge in [-0.2, -0.15) is 26.3 Å². The molecule has 2 aromatic carbocycles. The Morgan fingerprint density at radius 1 is 0.833 bits per heavy atom. The van der Waals surface area contributed by atoms with Crippen LogP contribution in [0.15, 0.2) is 36.4 Å². The lowest BCUT2D eigenvalue weighted by Crippen LogP contribution is -2.17. The molecule has 0 amide bonds. The van der Waals surface area contributed by atoms with E-state index in [0.717, 1.165) is 24.3 Å². The van der Waals surface area contributed by atoms with Crippen molar-refractivity contribution in [3.05, 3.63) is 58.9 Å². The van der Waals surface area contributed by atoms with Crippen molar-refractivity contribution in [2.75, 3.05) is 0 Å². The van der Waals surface area contributed by atoms with Crippen molar-refractivity contribution in [1.29, 1.82) is 0 Å². The third kappa shape index (κ3) is 4.30. The molecule has 0 saturated carbocycles. The summed E-state index contributed by atoms with van der Waals surface area (Å²) in [5.74, 6) is -1.48. The summed E-state index contributed by atoms with van der Waals surface area (Å²) >= 11 is 0. The van der Waals surface area contributed by atoms with Gasteiger partial charge in [-0.1, -0.05) is 6.07 Å². The lowest BCUT2D eigenvalue weighted by molar-refractivity contribution is -0.162. The molecule has 0 bridgehead atoms. The Balaban J connectivity index is 2.28. The number of alkyl halides is 6. The largest absolute Gasteiger partial charge is 0.508 e. The van der Waals surface area contributed by atoms with Crippen molar-refractivity contribution >= 4 is 0 Å². The molecule has 0 fully saturated rings. The standard InChI is InChI=1S/C15H9F7O2/c16-9-4-10(23)6-11(5-9)24-7-8-1-2-12(14(17,18)19)13(3-8)15(20,21)22/h1-6,23H,7H2. The fourth-order valence-corrected chi connectivity index (χ4v) is 1.96. The molecule has 0 spiro atoms. The van der Waals surface area contributed by atoms with E-state index < -0.39 is 41.7 Å². The predicted octanol–water partition coefficient (Wildman–Crippen LogP) is 5.15. The van der Waals surface area contributed by atoms with Crippen LogP contribution in [0.4, 0.5) is 30.7 Å². The first-order valence-corrected chi connectivity index (χ1v) is 6.36. The lowest BCUT2D eigenvalue weighted by atomic mass is 10.0. The molecule has 2 rings (SSSR count). The molecular weight excluding hydrogens is 345 g/mol. The average molecular weight is 354 g/mol. The van der Waals surface area contributed by atoms with Gasteiger partial charge in [0.25, 0.3) is 0 Å². The fourth-order valence-electron chi connectivity index (χ4n) is 1.96. The Kier molecular flexibility index (Phi) is 4.63. The van der Waals surface area contributed by atoms with E-state index in [2.05, 4.69) is 0 Å². The highest BCUT2D eigenvalue weighted by molar-refractivity contribution is 5.37. The van der Waals surface area contributed by atoms with Gasteiger partial charge >= 0.3 is 12.4 Å². The number of aromatic hydroxyl groups is 1. The van der Waals surface area contributed by atoms with E-state index >= 15 is 0 Å². The minimum atomic E-state index is -5.20. The molecule has 24 heavy (non-hydrogen) atoms. The zero-order chi connectivity index (χ0) is 18.1. The molecular formula is C15H9F7O2. The third-order valence-corrected chi connectivity index (χ3v) is 2.96. The van der Waals surface area contributed by atoms with Crippen LogP contribution in [-0.2, 0) is 19.0 Å². The van der Waals surface area contributed by atoms with E-state index in [-0.39, 0.29) is 11.3 Å². The maximum atomic E-state index is 13.0. The maximum absolute atomic E-state index is 13.0. The monoisotopic (exact) mass is 354 g/mol. The summed E-state index contributed by atoms with van der Waals surface area (Å²) in [5.41, 5.74) is -3.83. The molecule has 0 aliphatic rings. The Hall–Kier alpha value is -2.45. The van der Waals surface area contributed by atoms with Gasteiger partial charge < -0.3 is 9.84 Å². The van der Waals surface area contributed by atoms with Crippen molar-refractivity contribution < 1.29 is 40.6 Å². The van der Waals surface area contributed by atoms with Gasteiger partial charge in [-0.15, -0.1) is 0 Å². The number of benzene rings is 2. The van der Waals surface area contributed by atoms with Crippen molar-refractivity contribution in [2.24, 2.45) is 0 Å². The van der Waals surface area contributed by atoms with Crippen LogP contribution in [0.25, 0.3) is 0 Å². The second-order valence-electron chi connectivity index (χ2n) is 4.81. The smallest absolute Gasteiger partial charge is 0.417 e. The van der Waals surface area contributed by atoms with Gasteiger partial charge in [0, 0.05) is 18.2 Å². The summed E-state index contributed by atoms with van der Waals surface area (Å²) in [4.78, 5) is 0. The molecule has 2 aromatic rings. The van der Waals surface area contributed by atoms with Gasteiger partial charge in [-0.05, 0) is 17.7 Å². The number of phenolic OH excluding ortho intramolecular Hbond substituents is 1. The van der Waals surface area contributed by atoms with Gasteiger partial charge in [0.2, 0.25) is 0 Å². The summed E-state index contributed by atoms with van der Waals surface area (Å²) in [6.45, 7) is -0.538. The molecule has 0 radical (unpaired) electrons. The zero-order valence-electron chi connectivity index (χ0n) is 11.7. The van der Waals surface area contributed by atoms with E-state index in [9.17, 15) is 35.8 Å². The van der Waals surface area contributed by atoms with Crippen LogP contribution in [0.2, 0.25) is 0 Å². The molecule has 0 aliphatic carbocycles. The summed E-state index contributed by atoms with van der Waals surface area (Å²) in [6.07, 6.45) is -10.4. The summed E-state index contributed by atoms with van der Waals surface area (Å²) in [7, 11) is 0. The van der Waals surface area contributed by atoms with Crippen LogP contribution < -0.4 is 4.74 Å². The molecule has 0 aliphatic heterocycles. The highest BCUT2D eigenvalue weighted by Crippen LogP contribution is 2.40. The fraction of sp³-hybridized carbons (Fsp3) is 0.200. The van der Waals surface area contributed by atoms with Crippen LogP contribution >= 0.6 is 0 Å². The first kappa shape index (κ1) is 17.9. The Morgan fingerprint density at radius 3 is 2.00 bits per heavy atom. The van der Waals surface area contributed by atoms with E-state index in [4.69, 9.17) is 4.74 Å². The quantitative estimate of drug-likeness (QED) is 0.773. The third-order valence-electron chi connectivity index (χ3n) is 2.96. The van der Waals surface area contributed by atoms with Crippen molar-refractivity contribution in [1.82, 2.24) is 0 Å². The molecule has 1 N–H and O–H groups in total. The first-order valence-electron chi connectivity index (χ1n) is 6.36. The Morgan fingerprint density at radius 2 is 1.46 bits per heavy atom. The zero-order valence-corrected chi connectivity index (χ0v) is 11.7. The number of phenols is 1. The highest BCUT2D eigenvalue weighted by Gasteiger charge is 2.43. The van der Waals surface area contributed by atoms with Gasteiger partial charge in [-0.3, -0.25) is 0 Å². The molecule has 0 heterocycles. The van der Waals surface area contributed by atoms with Crippen LogP contribution in [0.1, 0.15) is 16.7 Å². The number of ether oxygens (including phenoxy) is 1. The second-order valence-corrected chi connectivity index (χ2v) is 4.81. The van der Waals surface area contributed by atoms with Crippen LogP contribution in [-0.4, -0.2) is 5.11 Å². The number of hydrogen-bond acceptors (Lipinski definition) is 2. The van der Waals surface area contributed by atoms with Crippen LogP contribution in [0, 0.1) is 5.82 Å². The summed E-state index contributed by atoms with van der Waals surface area (Å²) in [6, 6.07) is 4.13. The van der Waals surface area contributed by atoms with E-state index in [0.29, 0.717) is 12.1 Å². The molecule has 0 atom stereocenters. The topological polar surface area (TPSA) is 29.5 Å². The second kappa shape index (κ2) is 6.21.